The van der Waals surface area contributed by atoms with Gasteiger partial charge in [-0.25, -0.2) is 0 Å². The third-order valence-corrected chi connectivity index (χ3v) is 5.55. The summed E-state index contributed by atoms with van der Waals surface area (Å²) in [4.78, 5) is 36.6. The summed E-state index contributed by atoms with van der Waals surface area (Å²) in [5.41, 5.74) is 1.09. The number of carbonyl (C=O) groups is 3. The number of carbonyl (C=O) groups excluding carboxylic acids is 3. The Balaban J connectivity index is 2.01. The zero-order chi connectivity index (χ0) is 20.5. The van der Waals surface area contributed by atoms with Gasteiger partial charge in [-0.05, 0) is 31.7 Å². The molecule has 1 aliphatic rings. The Labute approximate surface area is 172 Å². The number of nitrogens with one attached hydrogen (secondary N) is 2. The molecule has 0 radical (unpaired) electrons. The van der Waals surface area contributed by atoms with Crippen LogP contribution >= 0.6 is 12.6 Å². The predicted octanol–water partition coefficient (Wildman–Crippen LogP) is 2.13. The summed E-state index contributed by atoms with van der Waals surface area (Å²) in [5, 5.41) is 5.43. The smallest absolute Gasteiger partial charge is 0.306 e. The van der Waals surface area contributed by atoms with E-state index in [0.29, 0.717) is 26.0 Å². The largest absolute Gasteiger partial charge is 0.466 e. The standard InChI is InChI=1S/C21H30N2O4S/c1-3-27-19(24)13-18(28)17(12-16-9-10-22-21(16)26)23-20(25)14(2)11-15-7-5-4-6-8-15/h4-8,14,16-18,28H,3,9-13H2,1-2H3,(H,22,26)(H,23,25)/t14-,16-,17-,18-/m0/s1. The molecule has 28 heavy (non-hydrogen) atoms. The maximum Gasteiger partial charge on any atom is 0.306 e. The van der Waals surface area contributed by atoms with Crippen molar-refractivity contribution in [2.75, 3.05) is 13.2 Å². The molecule has 6 nitrogen and oxygen atoms in total. The SMILES string of the molecule is CCOC(=O)C[C@H](S)[C@H](C[C@@H]1CCNC1=O)NC(=O)[C@@H](C)Cc1ccccc1. The monoisotopic (exact) mass is 406 g/mol. The Morgan fingerprint density at radius 1 is 1.32 bits per heavy atom. The Morgan fingerprint density at radius 3 is 2.64 bits per heavy atom. The lowest BCUT2D eigenvalue weighted by molar-refractivity contribution is -0.143. The first-order valence-electron chi connectivity index (χ1n) is 9.86. The summed E-state index contributed by atoms with van der Waals surface area (Å²) >= 11 is 4.55. The van der Waals surface area contributed by atoms with Crippen molar-refractivity contribution in [2.24, 2.45) is 11.8 Å². The second-order valence-corrected chi connectivity index (χ2v) is 7.96. The quantitative estimate of drug-likeness (QED) is 0.411. The average molecular weight is 407 g/mol. The maximum atomic E-state index is 12.8. The molecular weight excluding hydrogens is 376 g/mol. The van der Waals surface area contributed by atoms with Gasteiger partial charge in [-0.1, -0.05) is 37.3 Å². The zero-order valence-electron chi connectivity index (χ0n) is 16.5. The fourth-order valence-electron chi connectivity index (χ4n) is 3.41. The molecule has 0 spiro atoms. The molecule has 1 aliphatic heterocycles. The fourth-order valence-corrected chi connectivity index (χ4v) is 3.75. The highest BCUT2D eigenvalue weighted by atomic mass is 32.1. The van der Waals surface area contributed by atoms with E-state index in [1.165, 1.54) is 0 Å². The van der Waals surface area contributed by atoms with Crippen LogP contribution in [0.4, 0.5) is 0 Å². The Bertz CT molecular complexity index is 668. The number of hydrogen-bond acceptors (Lipinski definition) is 5. The summed E-state index contributed by atoms with van der Waals surface area (Å²) in [5.74, 6) is -0.865. The van der Waals surface area contributed by atoms with Gasteiger partial charge in [-0.2, -0.15) is 12.6 Å². The van der Waals surface area contributed by atoms with Crippen molar-refractivity contribution < 1.29 is 19.1 Å². The lowest BCUT2D eigenvalue weighted by Gasteiger charge is -2.27. The second kappa shape index (κ2) is 11.1. The van der Waals surface area contributed by atoms with Crippen LogP contribution in [0.3, 0.4) is 0 Å². The van der Waals surface area contributed by atoms with Crippen LogP contribution in [0.1, 0.15) is 38.7 Å². The van der Waals surface area contributed by atoms with Crippen LogP contribution in [0.5, 0.6) is 0 Å². The molecule has 0 saturated carbocycles. The third kappa shape index (κ3) is 6.86. The highest BCUT2D eigenvalue weighted by Gasteiger charge is 2.32. The Kier molecular flexibility index (Phi) is 8.83. The molecule has 0 aromatic heterocycles. The second-order valence-electron chi connectivity index (χ2n) is 7.29. The molecule has 2 N–H and O–H groups in total. The lowest BCUT2D eigenvalue weighted by Crippen LogP contribution is -2.46. The normalized spacial score (nSPS) is 19.4. The number of hydrogen-bond donors (Lipinski definition) is 3. The van der Waals surface area contributed by atoms with E-state index in [1.54, 1.807) is 6.92 Å². The molecule has 1 fully saturated rings. The van der Waals surface area contributed by atoms with E-state index in [2.05, 4.69) is 23.3 Å². The number of ether oxygens (including phenoxy) is 1. The molecule has 1 aromatic carbocycles. The number of thiol groups is 1. The summed E-state index contributed by atoms with van der Waals surface area (Å²) in [6.07, 6.45) is 1.90. The molecule has 4 atom stereocenters. The molecule has 1 aromatic rings. The van der Waals surface area contributed by atoms with Gasteiger partial charge in [-0.3, -0.25) is 14.4 Å². The van der Waals surface area contributed by atoms with Crippen LogP contribution in [0, 0.1) is 11.8 Å². The van der Waals surface area contributed by atoms with Crippen molar-refractivity contribution >= 4 is 30.4 Å². The first-order chi connectivity index (χ1) is 13.4. The third-order valence-electron chi connectivity index (χ3n) is 5.01. The Hall–Kier alpha value is -2.02. The predicted molar refractivity (Wildman–Crippen MR) is 111 cm³/mol. The van der Waals surface area contributed by atoms with Gasteiger partial charge in [-0.15, -0.1) is 0 Å². The van der Waals surface area contributed by atoms with Crippen LogP contribution < -0.4 is 10.6 Å². The van der Waals surface area contributed by atoms with Gasteiger partial charge in [0.1, 0.15) is 0 Å². The highest BCUT2D eigenvalue weighted by molar-refractivity contribution is 7.81. The summed E-state index contributed by atoms with van der Waals surface area (Å²) in [6.45, 7) is 4.57. The van der Waals surface area contributed by atoms with Crippen LogP contribution in [-0.4, -0.2) is 42.2 Å². The van der Waals surface area contributed by atoms with Gasteiger partial charge in [0, 0.05) is 29.7 Å². The van der Waals surface area contributed by atoms with Crippen molar-refractivity contribution in [3.05, 3.63) is 35.9 Å². The minimum atomic E-state index is -0.416. The van der Waals surface area contributed by atoms with Gasteiger partial charge in [0.25, 0.3) is 0 Å². The van der Waals surface area contributed by atoms with E-state index in [4.69, 9.17) is 4.74 Å². The minimum absolute atomic E-state index is 0.00625. The molecule has 1 saturated heterocycles. The van der Waals surface area contributed by atoms with E-state index in [0.717, 1.165) is 12.0 Å². The summed E-state index contributed by atoms with van der Waals surface area (Å²) < 4.78 is 5.01. The molecule has 2 rings (SSSR count). The van der Waals surface area contributed by atoms with Gasteiger partial charge in [0.2, 0.25) is 11.8 Å². The molecule has 154 valence electrons. The average Bonchev–Trinajstić information content (AvgIpc) is 3.06. The number of amides is 2. The summed E-state index contributed by atoms with van der Waals surface area (Å²) in [7, 11) is 0. The van der Waals surface area contributed by atoms with Gasteiger partial charge in [0.15, 0.2) is 0 Å². The maximum absolute atomic E-state index is 12.8. The first-order valence-corrected chi connectivity index (χ1v) is 10.4. The van der Waals surface area contributed by atoms with E-state index in [9.17, 15) is 14.4 Å². The molecule has 0 unspecified atom stereocenters. The minimum Gasteiger partial charge on any atom is -0.466 e. The van der Waals surface area contributed by atoms with E-state index < -0.39 is 5.25 Å². The zero-order valence-corrected chi connectivity index (χ0v) is 17.4. The topological polar surface area (TPSA) is 84.5 Å². The van der Waals surface area contributed by atoms with E-state index in [1.807, 2.05) is 37.3 Å². The molecule has 0 aliphatic carbocycles. The molecule has 2 amide bonds. The van der Waals surface area contributed by atoms with Crippen LogP contribution in [0.25, 0.3) is 0 Å². The van der Waals surface area contributed by atoms with E-state index >= 15 is 0 Å². The van der Waals surface area contributed by atoms with Crippen molar-refractivity contribution in [3.63, 3.8) is 0 Å². The van der Waals surface area contributed by atoms with Gasteiger partial charge in [0.05, 0.1) is 13.0 Å². The van der Waals surface area contributed by atoms with Crippen molar-refractivity contribution in [3.8, 4) is 0 Å². The number of rotatable bonds is 10. The molecule has 1 heterocycles. The van der Waals surface area contributed by atoms with Gasteiger partial charge >= 0.3 is 5.97 Å². The first kappa shape index (κ1) is 22.3. The van der Waals surface area contributed by atoms with Crippen molar-refractivity contribution in [1.29, 1.82) is 0 Å². The number of esters is 1. The molecular formula is C21H30N2O4S. The van der Waals surface area contributed by atoms with Crippen molar-refractivity contribution in [1.82, 2.24) is 10.6 Å². The van der Waals surface area contributed by atoms with Gasteiger partial charge < -0.3 is 15.4 Å². The van der Waals surface area contributed by atoms with Crippen molar-refractivity contribution in [2.45, 2.75) is 50.8 Å². The van der Waals surface area contributed by atoms with Crippen LogP contribution in [0.15, 0.2) is 30.3 Å². The summed E-state index contributed by atoms with van der Waals surface area (Å²) in [6, 6.07) is 9.44. The van der Waals surface area contributed by atoms with E-state index in [-0.39, 0.29) is 42.1 Å². The molecule has 0 bridgehead atoms. The van der Waals surface area contributed by atoms with Crippen LogP contribution in [-0.2, 0) is 25.5 Å². The van der Waals surface area contributed by atoms with Crippen LogP contribution in [0.2, 0.25) is 0 Å². The lowest BCUT2D eigenvalue weighted by atomic mass is 9.93. The fraction of sp³-hybridized carbons (Fsp3) is 0.571. The highest BCUT2D eigenvalue weighted by Crippen LogP contribution is 2.22. The molecule has 7 heteroatoms. The number of benzene rings is 1. The Morgan fingerprint density at radius 2 is 2.04 bits per heavy atom.